The van der Waals surface area contributed by atoms with Crippen molar-refractivity contribution in [2.45, 2.75) is 32.5 Å². The van der Waals surface area contributed by atoms with Crippen molar-refractivity contribution in [3.05, 3.63) is 72.1 Å². The van der Waals surface area contributed by atoms with Crippen LogP contribution in [0.2, 0.25) is 0 Å². The minimum Gasteiger partial charge on any atom is -0.310 e. The molecule has 0 radical (unpaired) electrons. The molecule has 0 fully saturated rings. The lowest BCUT2D eigenvalue weighted by Crippen LogP contribution is -2.38. The first-order chi connectivity index (χ1) is 16.2. The Hall–Kier alpha value is -4.02. The van der Waals surface area contributed by atoms with E-state index in [0.717, 1.165) is 18.1 Å². The van der Waals surface area contributed by atoms with E-state index in [2.05, 4.69) is 20.2 Å². The van der Waals surface area contributed by atoms with Crippen LogP contribution in [0.25, 0.3) is 17.2 Å². The highest BCUT2D eigenvalue weighted by Gasteiger charge is 2.34. The second-order valence-electron chi connectivity index (χ2n) is 8.25. The number of fused-ring (bicyclic) bond motifs is 1. The summed E-state index contributed by atoms with van der Waals surface area (Å²) in [6, 6.07) is 10.5. The molecule has 0 unspecified atom stereocenters. The molecule has 1 amide bonds. The van der Waals surface area contributed by atoms with Gasteiger partial charge in [-0.05, 0) is 50.1 Å². The summed E-state index contributed by atoms with van der Waals surface area (Å²) < 4.78 is 42.0. The van der Waals surface area contributed by atoms with Crippen LogP contribution < -0.4 is 4.90 Å². The van der Waals surface area contributed by atoms with Crippen molar-refractivity contribution in [3.63, 3.8) is 0 Å². The van der Waals surface area contributed by atoms with Crippen LogP contribution in [-0.2, 0) is 12.6 Å². The van der Waals surface area contributed by atoms with Gasteiger partial charge < -0.3 is 9.13 Å². The summed E-state index contributed by atoms with van der Waals surface area (Å²) in [5.74, 6) is 0.803. The second kappa shape index (κ2) is 8.08. The molecule has 8 nitrogen and oxygen atoms in total. The monoisotopic (exact) mass is 467 g/mol. The number of anilines is 1. The first-order valence-corrected chi connectivity index (χ1v) is 10.7. The molecule has 0 spiro atoms. The predicted molar refractivity (Wildman–Crippen MR) is 118 cm³/mol. The van der Waals surface area contributed by atoms with Crippen LogP contribution >= 0.6 is 0 Å². The number of hydrogen-bond acceptors (Lipinski definition) is 5. The SMILES string of the molecule is CC(C)n1cnnc1-c1cccc(N2CCc3ccc(-n4cnc(C(F)(F)F)c4)cc3C2=O)n1. The molecule has 3 aromatic heterocycles. The quantitative estimate of drug-likeness (QED) is 0.446. The Kier molecular flexibility index (Phi) is 5.18. The average molecular weight is 467 g/mol. The van der Waals surface area contributed by atoms with Crippen LogP contribution in [0.1, 0.15) is 41.5 Å². The van der Waals surface area contributed by atoms with E-state index in [0.29, 0.717) is 41.6 Å². The molecule has 0 saturated heterocycles. The Morgan fingerprint density at radius 3 is 2.65 bits per heavy atom. The summed E-state index contributed by atoms with van der Waals surface area (Å²) in [4.78, 5) is 23.0. The molecule has 0 atom stereocenters. The van der Waals surface area contributed by atoms with Gasteiger partial charge in [0.25, 0.3) is 5.91 Å². The zero-order valence-electron chi connectivity index (χ0n) is 18.4. The molecule has 0 aliphatic carbocycles. The van der Waals surface area contributed by atoms with E-state index >= 15 is 0 Å². The van der Waals surface area contributed by atoms with Crippen LogP contribution in [-0.4, -0.2) is 41.8 Å². The molecular weight excluding hydrogens is 447 g/mol. The number of halogens is 3. The highest BCUT2D eigenvalue weighted by molar-refractivity contribution is 6.08. The lowest BCUT2D eigenvalue weighted by molar-refractivity contribution is -0.140. The number of pyridine rings is 1. The standard InChI is InChI=1S/C23H20F3N7O/c1-14(2)33-13-28-30-21(33)18-4-3-5-20(29-18)32-9-8-15-6-7-16(10-17(15)22(32)34)31-11-19(27-12-31)23(24,25)26/h3-7,10-14H,8-9H2,1-2H3. The topological polar surface area (TPSA) is 81.7 Å². The largest absolute Gasteiger partial charge is 0.434 e. The van der Waals surface area contributed by atoms with Crippen molar-refractivity contribution in [2.24, 2.45) is 0 Å². The lowest BCUT2D eigenvalue weighted by Gasteiger charge is -2.28. The van der Waals surface area contributed by atoms with Gasteiger partial charge in [0.2, 0.25) is 0 Å². The number of rotatable bonds is 4. The second-order valence-corrected chi connectivity index (χ2v) is 8.25. The van der Waals surface area contributed by atoms with Crippen molar-refractivity contribution in [1.82, 2.24) is 29.3 Å². The minimum absolute atomic E-state index is 0.137. The summed E-state index contributed by atoms with van der Waals surface area (Å²) in [5.41, 5.74) is 1.27. The fourth-order valence-electron chi connectivity index (χ4n) is 3.95. The Bertz CT molecular complexity index is 1370. The molecule has 0 saturated carbocycles. The highest BCUT2D eigenvalue weighted by Crippen LogP contribution is 2.30. The van der Waals surface area contributed by atoms with Gasteiger partial charge in [0.1, 0.15) is 17.8 Å². The third-order valence-electron chi connectivity index (χ3n) is 5.71. The summed E-state index contributed by atoms with van der Waals surface area (Å²) in [7, 11) is 0. The van der Waals surface area contributed by atoms with Crippen LogP contribution in [0.3, 0.4) is 0 Å². The van der Waals surface area contributed by atoms with Crippen LogP contribution in [0.15, 0.2) is 55.2 Å². The third kappa shape index (κ3) is 3.82. The van der Waals surface area contributed by atoms with E-state index in [1.165, 1.54) is 4.57 Å². The minimum atomic E-state index is -4.54. The van der Waals surface area contributed by atoms with E-state index in [-0.39, 0.29) is 11.9 Å². The Morgan fingerprint density at radius 2 is 1.91 bits per heavy atom. The van der Waals surface area contributed by atoms with Crippen molar-refractivity contribution < 1.29 is 18.0 Å². The van der Waals surface area contributed by atoms with Gasteiger partial charge in [-0.1, -0.05) is 12.1 Å². The summed E-state index contributed by atoms with van der Waals surface area (Å²) >= 11 is 0. The molecule has 34 heavy (non-hydrogen) atoms. The van der Waals surface area contributed by atoms with Gasteiger partial charge in [0, 0.05) is 30.0 Å². The molecule has 11 heteroatoms. The molecule has 1 aliphatic rings. The molecule has 1 aliphatic heterocycles. The van der Waals surface area contributed by atoms with Crippen molar-refractivity contribution in [3.8, 4) is 17.2 Å². The normalized spacial score (nSPS) is 14.1. The summed E-state index contributed by atoms with van der Waals surface area (Å²) in [5, 5.41) is 8.15. The molecule has 0 N–H and O–H groups in total. The molecule has 5 rings (SSSR count). The number of imidazole rings is 1. The smallest absolute Gasteiger partial charge is 0.310 e. The van der Waals surface area contributed by atoms with Crippen LogP contribution in [0, 0.1) is 0 Å². The van der Waals surface area contributed by atoms with Gasteiger partial charge >= 0.3 is 6.18 Å². The number of amides is 1. The average Bonchev–Trinajstić information content (AvgIpc) is 3.49. The van der Waals surface area contributed by atoms with Crippen LogP contribution in [0.5, 0.6) is 0 Å². The Morgan fingerprint density at radius 1 is 1.09 bits per heavy atom. The number of carbonyl (C=O) groups is 1. The maximum Gasteiger partial charge on any atom is 0.434 e. The molecule has 1 aromatic carbocycles. The maximum atomic E-state index is 13.4. The number of hydrogen-bond donors (Lipinski definition) is 0. The summed E-state index contributed by atoms with van der Waals surface area (Å²) in [6.45, 7) is 4.45. The number of alkyl halides is 3. The molecule has 0 bridgehead atoms. The van der Waals surface area contributed by atoms with Gasteiger partial charge in [0.15, 0.2) is 11.5 Å². The highest BCUT2D eigenvalue weighted by atomic mass is 19.4. The molecule has 174 valence electrons. The molecular formula is C23H20F3N7O. The van der Waals surface area contributed by atoms with E-state index in [9.17, 15) is 18.0 Å². The van der Waals surface area contributed by atoms with Crippen molar-refractivity contribution in [2.75, 3.05) is 11.4 Å². The Labute approximate surface area is 192 Å². The van der Waals surface area contributed by atoms with Gasteiger partial charge in [-0.3, -0.25) is 9.69 Å². The van der Waals surface area contributed by atoms with Gasteiger partial charge in [-0.25, -0.2) is 9.97 Å². The molecule has 4 aromatic rings. The van der Waals surface area contributed by atoms with Crippen molar-refractivity contribution >= 4 is 11.7 Å². The van der Waals surface area contributed by atoms with E-state index in [4.69, 9.17) is 0 Å². The maximum absolute atomic E-state index is 13.4. The van der Waals surface area contributed by atoms with Gasteiger partial charge in [-0.15, -0.1) is 10.2 Å². The lowest BCUT2D eigenvalue weighted by atomic mass is 9.98. The summed E-state index contributed by atoms with van der Waals surface area (Å²) in [6.07, 6.45) is -0.317. The predicted octanol–water partition coefficient (Wildman–Crippen LogP) is 4.33. The fourth-order valence-corrected chi connectivity index (χ4v) is 3.95. The van der Waals surface area contributed by atoms with Crippen LogP contribution in [0.4, 0.5) is 19.0 Å². The zero-order chi connectivity index (χ0) is 24.0. The van der Waals surface area contributed by atoms with E-state index in [1.54, 1.807) is 41.6 Å². The van der Waals surface area contributed by atoms with Gasteiger partial charge in [0.05, 0.1) is 6.33 Å². The van der Waals surface area contributed by atoms with E-state index < -0.39 is 11.9 Å². The number of nitrogens with zero attached hydrogens (tertiary/aromatic N) is 7. The molecule has 4 heterocycles. The van der Waals surface area contributed by atoms with E-state index in [1.807, 2.05) is 24.5 Å². The number of carbonyl (C=O) groups excluding carboxylic acids is 1. The number of benzene rings is 1. The fraction of sp³-hybridized carbons (Fsp3) is 0.261. The van der Waals surface area contributed by atoms with Crippen molar-refractivity contribution in [1.29, 1.82) is 0 Å². The third-order valence-corrected chi connectivity index (χ3v) is 5.71. The number of aromatic nitrogens is 6. The first kappa shape index (κ1) is 21.8. The zero-order valence-corrected chi connectivity index (χ0v) is 18.4. The van der Waals surface area contributed by atoms with Gasteiger partial charge in [-0.2, -0.15) is 13.2 Å². The Balaban J connectivity index is 1.47. The first-order valence-electron chi connectivity index (χ1n) is 10.7.